The molecule has 0 bridgehead atoms. The van der Waals surface area contributed by atoms with Crippen molar-refractivity contribution in [1.82, 2.24) is 15.2 Å². The average molecular weight is 228 g/mol. The van der Waals surface area contributed by atoms with Crippen molar-refractivity contribution in [3.05, 3.63) is 18.0 Å². The molecule has 1 heterocycles. The first-order valence-electron chi connectivity index (χ1n) is 5.41. The van der Waals surface area contributed by atoms with E-state index < -0.39 is 6.29 Å². The molecule has 92 valence electrons. The van der Waals surface area contributed by atoms with E-state index in [0.29, 0.717) is 13.2 Å². The Balaban J connectivity index is 2.81. The quantitative estimate of drug-likeness (QED) is 0.399. The molecule has 16 heavy (non-hydrogen) atoms. The van der Waals surface area contributed by atoms with Crippen molar-refractivity contribution in [3.63, 3.8) is 0 Å². The number of hydrogen-bond acceptors (Lipinski definition) is 5. The minimum atomic E-state index is -0.407. The minimum Gasteiger partial charge on any atom is -0.351 e. The molecule has 0 saturated heterocycles. The zero-order valence-corrected chi connectivity index (χ0v) is 10.0. The first kappa shape index (κ1) is 13.1. The lowest BCUT2D eigenvalue weighted by atomic mass is 10.2. The number of ether oxygens (including phenoxy) is 2. The molecule has 0 aliphatic heterocycles. The van der Waals surface area contributed by atoms with Gasteiger partial charge in [0.1, 0.15) is 6.04 Å². The van der Waals surface area contributed by atoms with E-state index in [2.05, 4.69) is 10.5 Å². The lowest BCUT2D eigenvalue weighted by Crippen LogP contribution is -2.40. The maximum absolute atomic E-state index is 5.54. The Morgan fingerprint density at radius 2 is 2.06 bits per heavy atom. The zero-order chi connectivity index (χ0) is 12.0. The molecule has 1 aromatic heterocycles. The maximum atomic E-state index is 5.54. The molecule has 0 aliphatic rings. The van der Waals surface area contributed by atoms with Gasteiger partial charge in [-0.3, -0.25) is 10.5 Å². The highest BCUT2D eigenvalue weighted by atomic mass is 16.7. The molecule has 0 aliphatic carbocycles. The molecule has 0 aromatic carbocycles. The summed E-state index contributed by atoms with van der Waals surface area (Å²) in [4.78, 5) is 0. The largest absolute Gasteiger partial charge is 0.351 e. The van der Waals surface area contributed by atoms with Gasteiger partial charge in [-0.15, -0.1) is 0 Å². The van der Waals surface area contributed by atoms with Crippen molar-refractivity contribution in [3.8, 4) is 0 Å². The molecule has 0 amide bonds. The van der Waals surface area contributed by atoms with Gasteiger partial charge in [-0.2, -0.15) is 5.10 Å². The Morgan fingerprint density at radius 1 is 1.44 bits per heavy atom. The van der Waals surface area contributed by atoms with E-state index in [0.717, 1.165) is 5.69 Å². The molecule has 0 fully saturated rings. The number of rotatable bonds is 7. The van der Waals surface area contributed by atoms with Crippen LogP contribution in [0, 0.1) is 0 Å². The molecule has 1 aromatic rings. The highest BCUT2D eigenvalue weighted by Gasteiger charge is 2.25. The summed E-state index contributed by atoms with van der Waals surface area (Å²) >= 11 is 0. The van der Waals surface area contributed by atoms with Crippen molar-refractivity contribution < 1.29 is 9.47 Å². The van der Waals surface area contributed by atoms with Crippen molar-refractivity contribution >= 4 is 0 Å². The van der Waals surface area contributed by atoms with Gasteiger partial charge in [0, 0.05) is 26.5 Å². The number of nitrogens with one attached hydrogen (secondary N) is 1. The van der Waals surface area contributed by atoms with Gasteiger partial charge < -0.3 is 9.47 Å². The SMILES string of the molecule is CCOC(OCC)C(NN)c1ccnn1C. The van der Waals surface area contributed by atoms with Crippen LogP contribution in [-0.4, -0.2) is 29.3 Å². The number of nitrogens with two attached hydrogens (primary N) is 1. The second-order valence-electron chi connectivity index (χ2n) is 3.30. The summed E-state index contributed by atoms with van der Waals surface area (Å²) in [6.07, 6.45) is 1.31. The van der Waals surface area contributed by atoms with Gasteiger partial charge in [-0.25, -0.2) is 5.43 Å². The number of aryl methyl sites for hydroxylation is 1. The topological polar surface area (TPSA) is 74.3 Å². The Kier molecular flexibility index (Phi) is 5.41. The molecule has 0 radical (unpaired) electrons. The molecule has 0 saturated carbocycles. The molecule has 1 atom stereocenters. The Morgan fingerprint density at radius 3 is 2.44 bits per heavy atom. The van der Waals surface area contributed by atoms with E-state index in [-0.39, 0.29) is 6.04 Å². The third kappa shape index (κ3) is 3.02. The average Bonchev–Trinajstić information content (AvgIpc) is 2.67. The van der Waals surface area contributed by atoms with Crippen LogP contribution in [0.5, 0.6) is 0 Å². The van der Waals surface area contributed by atoms with Crippen LogP contribution in [0.1, 0.15) is 25.6 Å². The third-order valence-corrected chi connectivity index (χ3v) is 2.29. The predicted molar refractivity (Wildman–Crippen MR) is 60.3 cm³/mol. The van der Waals surface area contributed by atoms with Gasteiger partial charge in [0.25, 0.3) is 0 Å². The summed E-state index contributed by atoms with van der Waals surface area (Å²) < 4.78 is 12.8. The molecular formula is C10H20N4O2. The third-order valence-electron chi connectivity index (χ3n) is 2.29. The van der Waals surface area contributed by atoms with E-state index in [9.17, 15) is 0 Å². The van der Waals surface area contributed by atoms with Gasteiger partial charge >= 0.3 is 0 Å². The first-order chi connectivity index (χ1) is 7.74. The number of hydrazine groups is 1. The Hall–Kier alpha value is -0.950. The van der Waals surface area contributed by atoms with Crippen LogP contribution in [0.15, 0.2) is 12.3 Å². The molecule has 6 nitrogen and oxygen atoms in total. The minimum absolute atomic E-state index is 0.229. The second-order valence-corrected chi connectivity index (χ2v) is 3.30. The Bertz CT molecular complexity index is 297. The van der Waals surface area contributed by atoms with E-state index in [1.165, 1.54) is 0 Å². The van der Waals surface area contributed by atoms with Crippen LogP contribution in [0.25, 0.3) is 0 Å². The molecule has 1 unspecified atom stereocenters. The van der Waals surface area contributed by atoms with Crippen molar-refractivity contribution in [2.24, 2.45) is 12.9 Å². The van der Waals surface area contributed by atoms with Gasteiger partial charge in [-0.1, -0.05) is 0 Å². The fourth-order valence-electron chi connectivity index (χ4n) is 1.56. The highest BCUT2D eigenvalue weighted by molar-refractivity contribution is 5.07. The molecular weight excluding hydrogens is 208 g/mol. The van der Waals surface area contributed by atoms with Crippen LogP contribution >= 0.6 is 0 Å². The van der Waals surface area contributed by atoms with Crippen molar-refractivity contribution in [2.75, 3.05) is 13.2 Å². The van der Waals surface area contributed by atoms with Gasteiger partial charge in [-0.05, 0) is 19.9 Å². The lowest BCUT2D eigenvalue weighted by molar-refractivity contribution is -0.156. The monoisotopic (exact) mass is 228 g/mol. The van der Waals surface area contributed by atoms with Crippen molar-refractivity contribution in [1.29, 1.82) is 0 Å². The summed E-state index contributed by atoms with van der Waals surface area (Å²) in [6, 6.07) is 1.66. The lowest BCUT2D eigenvalue weighted by Gasteiger charge is -2.26. The summed E-state index contributed by atoms with van der Waals surface area (Å²) in [7, 11) is 1.86. The zero-order valence-electron chi connectivity index (χ0n) is 10.0. The second kappa shape index (κ2) is 6.59. The molecule has 0 spiro atoms. The van der Waals surface area contributed by atoms with Crippen LogP contribution in [0.2, 0.25) is 0 Å². The summed E-state index contributed by atoms with van der Waals surface area (Å²) in [6.45, 7) is 4.98. The molecule has 3 N–H and O–H groups in total. The van der Waals surface area contributed by atoms with Gasteiger partial charge in [0.2, 0.25) is 0 Å². The van der Waals surface area contributed by atoms with E-state index in [1.807, 2.05) is 27.0 Å². The normalized spacial score (nSPS) is 13.3. The van der Waals surface area contributed by atoms with Crippen LogP contribution in [0.4, 0.5) is 0 Å². The first-order valence-corrected chi connectivity index (χ1v) is 5.41. The summed E-state index contributed by atoms with van der Waals surface area (Å²) in [5.41, 5.74) is 3.63. The molecule has 6 heteroatoms. The number of nitrogens with zero attached hydrogens (tertiary/aromatic N) is 2. The number of aromatic nitrogens is 2. The fourth-order valence-corrected chi connectivity index (χ4v) is 1.56. The summed E-state index contributed by atoms with van der Waals surface area (Å²) in [5.74, 6) is 5.54. The fraction of sp³-hybridized carbons (Fsp3) is 0.700. The van der Waals surface area contributed by atoms with Crippen LogP contribution in [-0.2, 0) is 16.5 Å². The van der Waals surface area contributed by atoms with Gasteiger partial charge in [0.15, 0.2) is 6.29 Å². The standard InChI is InChI=1S/C10H20N4O2/c1-4-15-10(16-5-2)9(13-11)8-6-7-12-14(8)3/h6-7,9-10,13H,4-5,11H2,1-3H3. The van der Waals surface area contributed by atoms with E-state index in [1.54, 1.807) is 10.9 Å². The smallest absolute Gasteiger partial charge is 0.179 e. The van der Waals surface area contributed by atoms with Crippen molar-refractivity contribution in [2.45, 2.75) is 26.2 Å². The van der Waals surface area contributed by atoms with E-state index in [4.69, 9.17) is 15.3 Å². The summed E-state index contributed by atoms with van der Waals surface area (Å²) in [5, 5.41) is 4.10. The predicted octanol–water partition coefficient (Wildman–Crippen LogP) is 0.324. The van der Waals surface area contributed by atoms with Gasteiger partial charge in [0.05, 0.1) is 5.69 Å². The number of hydrogen-bond donors (Lipinski definition) is 2. The highest BCUT2D eigenvalue weighted by Crippen LogP contribution is 2.18. The maximum Gasteiger partial charge on any atom is 0.179 e. The van der Waals surface area contributed by atoms with E-state index >= 15 is 0 Å². The van der Waals surface area contributed by atoms with Crippen LogP contribution in [0.3, 0.4) is 0 Å². The van der Waals surface area contributed by atoms with Crippen LogP contribution < -0.4 is 11.3 Å². The Labute approximate surface area is 95.7 Å². The molecule has 1 rings (SSSR count).